The van der Waals surface area contributed by atoms with E-state index in [1.54, 1.807) is 11.9 Å². The van der Waals surface area contributed by atoms with Crippen LogP contribution in [0.15, 0.2) is 0 Å². The van der Waals surface area contributed by atoms with Crippen LogP contribution in [0.2, 0.25) is 0 Å². The second-order valence-electron chi connectivity index (χ2n) is 5.31. The Labute approximate surface area is 124 Å². The molecule has 0 bridgehead atoms. The second kappa shape index (κ2) is 5.78. The number of carboxylic acid groups (broad SMARTS) is 1. The van der Waals surface area contributed by atoms with Gasteiger partial charge < -0.3 is 10.0 Å². The van der Waals surface area contributed by atoms with Crippen molar-refractivity contribution in [3.05, 3.63) is 5.82 Å². The molecule has 2 rings (SSSR count). The van der Waals surface area contributed by atoms with Crippen molar-refractivity contribution in [1.29, 1.82) is 0 Å². The molecule has 0 amide bonds. The summed E-state index contributed by atoms with van der Waals surface area (Å²) in [6, 6.07) is 0. The summed E-state index contributed by atoms with van der Waals surface area (Å²) >= 11 is 0.656. The minimum atomic E-state index is -4.58. The maximum Gasteiger partial charge on any atom is 0.452 e. The molecular weight excluding hydrogens is 307 g/mol. The summed E-state index contributed by atoms with van der Waals surface area (Å²) < 4.78 is 41.1. The Hall–Kier alpha value is -1.38. The molecule has 1 saturated carbocycles. The van der Waals surface area contributed by atoms with E-state index in [9.17, 15) is 18.0 Å². The molecule has 21 heavy (non-hydrogen) atoms. The lowest BCUT2D eigenvalue weighted by Gasteiger charge is -2.43. The third-order valence-corrected chi connectivity index (χ3v) is 4.72. The lowest BCUT2D eigenvalue weighted by Crippen LogP contribution is -2.49. The first-order valence-corrected chi connectivity index (χ1v) is 7.38. The largest absolute Gasteiger partial charge is 0.481 e. The normalized spacial score (nSPS) is 18.5. The summed E-state index contributed by atoms with van der Waals surface area (Å²) in [4.78, 5) is 16.2. The predicted molar refractivity (Wildman–Crippen MR) is 71.4 cm³/mol. The van der Waals surface area contributed by atoms with Crippen LogP contribution in [0, 0.1) is 0 Å². The van der Waals surface area contributed by atoms with Crippen molar-refractivity contribution in [1.82, 2.24) is 9.36 Å². The molecule has 0 saturated heterocycles. The van der Waals surface area contributed by atoms with Gasteiger partial charge in [-0.1, -0.05) is 19.3 Å². The number of aliphatic carboxylic acids is 1. The molecule has 1 N–H and O–H groups in total. The van der Waals surface area contributed by atoms with E-state index in [4.69, 9.17) is 5.11 Å². The number of hydrogen-bond donors (Lipinski definition) is 1. The fraction of sp³-hybridized carbons (Fsp3) is 0.750. The predicted octanol–water partition coefficient (Wildman–Crippen LogP) is 3.17. The van der Waals surface area contributed by atoms with Gasteiger partial charge >= 0.3 is 12.1 Å². The van der Waals surface area contributed by atoms with Crippen molar-refractivity contribution < 1.29 is 23.1 Å². The molecule has 1 aliphatic rings. The first-order chi connectivity index (χ1) is 9.74. The highest BCUT2D eigenvalue weighted by atomic mass is 32.1. The highest BCUT2D eigenvalue weighted by Gasteiger charge is 2.41. The number of carboxylic acids is 1. The number of aromatic nitrogens is 2. The molecule has 0 aromatic carbocycles. The molecule has 0 unspecified atom stereocenters. The first kappa shape index (κ1) is 16.0. The van der Waals surface area contributed by atoms with Crippen molar-refractivity contribution in [2.24, 2.45) is 0 Å². The molecule has 1 aliphatic carbocycles. The molecule has 118 valence electrons. The standard InChI is InChI=1S/C12H16F3N3O2S/c1-18(10-16-9(17-21-10)12(13,14)15)11(7-8(19)20)5-3-2-4-6-11/h2-7H2,1H3,(H,19,20). The van der Waals surface area contributed by atoms with Crippen molar-refractivity contribution >= 4 is 22.6 Å². The van der Waals surface area contributed by atoms with Gasteiger partial charge in [0.25, 0.3) is 0 Å². The maximum absolute atomic E-state index is 12.6. The zero-order valence-corrected chi connectivity index (χ0v) is 12.3. The molecule has 1 fully saturated rings. The summed E-state index contributed by atoms with van der Waals surface area (Å²) in [5, 5.41) is 9.24. The lowest BCUT2D eigenvalue weighted by molar-refractivity contribution is -0.144. The Balaban J connectivity index is 2.27. The fourth-order valence-corrected chi connectivity index (χ4v) is 3.55. The fourth-order valence-electron chi connectivity index (χ4n) is 2.79. The molecule has 5 nitrogen and oxygen atoms in total. The van der Waals surface area contributed by atoms with Gasteiger partial charge in [-0.05, 0) is 12.8 Å². The van der Waals surface area contributed by atoms with Gasteiger partial charge in [-0.25, -0.2) is 0 Å². The van der Waals surface area contributed by atoms with Gasteiger partial charge in [0.1, 0.15) is 0 Å². The third kappa shape index (κ3) is 3.45. The van der Waals surface area contributed by atoms with Gasteiger partial charge in [-0.2, -0.15) is 22.5 Å². The third-order valence-electron chi connectivity index (χ3n) is 3.93. The number of alkyl halides is 3. The smallest absolute Gasteiger partial charge is 0.452 e. The SMILES string of the molecule is CN(c1nc(C(F)(F)F)ns1)C1(CC(=O)O)CCCCC1. The van der Waals surface area contributed by atoms with Crippen LogP contribution in [0.3, 0.4) is 0 Å². The number of halogens is 3. The first-order valence-electron chi connectivity index (χ1n) is 6.61. The highest BCUT2D eigenvalue weighted by Crippen LogP contribution is 2.40. The van der Waals surface area contributed by atoms with Gasteiger partial charge in [-0.3, -0.25) is 4.79 Å². The summed E-state index contributed by atoms with van der Waals surface area (Å²) in [5.41, 5.74) is -0.674. The summed E-state index contributed by atoms with van der Waals surface area (Å²) in [5.74, 6) is -2.13. The zero-order chi connectivity index (χ0) is 15.7. The van der Waals surface area contributed by atoms with E-state index in [2.05, 4.69) is 9.36 Å². The van der Waals surface area contributed by atoms with Crippen LogP contribution in [0.25, 0.3) is 0 Å². The lowest BCUT2D eigenvalue weighted by atomic mass is 9.78. The number of hydrogen-bond acceptors (Lipinski definition) is 5. The van der Waals surface area contributed by atoms with Gasteiger partial charge in [0.2, 0.25) is 11.0 Å². The Morgan fingerprint density at radius 3 is 2.48 bits per heavy atom. The van der Waals surface area contributed by atoms with Gasteiger partial charge in [-0.15, -0.1) is 0 Å². The summed E-state index contributed by atoms with van der Waals surface area (Å²) in [6.07, 6.45) is -0.676. The van der Waals surface area contributed by atoms with Crippen LogP contribution in [-0.2, 0) is 11.0 Å². The molecule has 0 radical (unpaired) electrons. The van der Waals surface area contributed by atoms with E-state index in [0.717, 1.165) is 19.3 Å². The number of carbonyl (C=O) groups is 1. The molecule has 0 atom stereocenters. The van der Waals surface area contributed by atoms with E-state index in [1.807, 2.05) is 0 Å². The Bertz CT molecular complexity index is 512. The van der Waals surface area contributed by atoms with Gasteiger partial charge in [0.05, 0.1) is 12.0 Å². The van der Waals surface area contributed by atoms with Crippen molar-refractivity contribution in [2.75, 3.05) is 11.9 Å². The van der Waals surface area contributed by atoms with Crippen molar-refractivity contribution in [3.63, 3.8) is 0 Å². The van der Waals surface area contributed by atoms with Gasteiger partial charge in [0.15, 0.2) is 0 Å². The molecule has 1 aromatic heterocycles. The van der Waals surface area contributed by atoms with Crippen molar-refractivity contribution in [2.45, 2.75) is 50.2 Å². The van der Waals surface area contributed by atoms with E-state index in [-0.39, 0.29) is 11.6 Å². The van der Waals surface area contributed by atoms with Crippen LogP contribution < -0.4 is 4.90 Å². The van der Waals surface area contributed by atoms with E-state index >= 15 is 0 Å². The van der Waals surface area contributed by atoms with Crippen molar-refractivity contribution in [3.8, 4) is 0 Å². The van der Waals surface area contributed by atoms with Gasteiger partial charge in [0, 0.05) is 18.6 Å². The Morgan fingerprint density at radius 1 is 1.38 bits per heavy atom. The zero-order valence-electron chi connectivity index (χ0n) is 11.5. The van der Waals surface area contributed by atoms with Crippen LogP contribution >= 0.6 is 11.5 Å². The van der Waals surface area contributed by atoms with Crippen LogP contribution in [-0.4, -0.2) is 33.0 Å². The maximum atomic E-state index is 12.6. The monoisotopic (exact) mass is 323 g/mol. The van der Waals surface area contributed by atoms with E-state index in [1.165, 1.54) is 0 Å². The minimum Gasteiger partial charge on any atom is -0.481 e. The van der Waals surface area contributed by atoms with Crippen LogP contribution in [0.5, 0.6) is 0 Å². The topological polar surface area (TPSA) is 66.3 Å². The average Bonchev–Trinajstić information content (AvgIpc) is 2.87. The summed E-state index contributed by atoms with van der Waals surface area (Å²) in [6.45, 7) is 0. The molecule has 1 heterocycles. The number of rotatable bonds is 4. The van der Waals surface area contributed by atoms with E-state index < -0.39 is 23.5 Å². The molecule has 9 heteroatoms. The van der Waals surface area contributed by atoms with Crippen LogP contribution in [0.4, 0.5) is 18.3 Å². The van der Waals surface area contributed by atoms with E-state index in [0.29, 0.717) is 24.4 Å². The molecular formula is C12H16F3N3O2S. The van der Waals surface area contributed by atoms with Crippen LogP contribution in [0.1, 0.15) is 44.3 Å². The molecule has 1 aromatic rings. The molecule has 0 aliphatic heterocycles. The number of anilines is 1. The highest BCUT2D eigenvalue weighted by molar-refractivity contribution is 7.09. The second-order valence-corrected chi connectivity index (χ2v) is 6.04. The summed E-state index contributed by atoms with van der Waals surface area (Å²) in [7, 11) is 1.61. The quantitative estimate of drug-likeness (QED) is 0.922. The molecule has 0 spiro atoms. The minimum absolute atomic E-state index is 0.107. The number of nitrogens with zero attached hydrogens (tertiary/aromatic N) is 3. The average molecular weight is 323 g/mol. The Kier molecular flexibility index (Phi) is 4.40. The Morgan fingerprint density at radius 2 is 2.00 bits per heavy atom.